The van der Waals surface area contributed by atoms with E-state index in [0.29, 0.717) is 41.1 Å². The molecule has 0 aliphatic heterocycles. The van der Waals surface area contributed by atoms with Gasteiger partial charge in [-0.2, -0.15) is 0 Å². The number of ether oxygens (including phenoxy) is 2. The highest BCUT2D eigenvalue weighted by molar-refractivity contribution is 6.30. The summed E-state index contributed by atoms with van der Waals surface area (Å²) in [5.41, 5.74) is 1.70. The quantitative estimate of drug-likeness (QED) is 0.476. The Bertz CT molecular complexity index is 751. The number of hydrogen-bond acceptors (Lipinski definition) is 4. The second-order valence-corrected chi connectivity index (χ2v) is 6.26. The van der Waals surface area contributed by atoms with Crippen molar-refractivity contribution in [2.45, 2.75) is 19.6 Å². The van der Waals surface area contributed by atoms with Crippen LogP contribution in [0.4, 0.5) is 0 Å². The first-order valence-corrected chi connectivity index (χ1v) is 9.11. The SMILES string of the molecule is CCNC(=NCc1ccc(Cl)cc1)NCC(O)c1cc(OC)ccc1OC. The summed E-state index contributed by atoms with van der Waals surface area (Å²) in [6.45, 7) is 3.48. The summed E-state index contributed by atoms with van der Waals surface area (Å²) in [5, 5.41) is 17.6. The Morgan fingerprint density at radius 1 is 1.11 bits per heavy atom. The first-order chi connectivity index (χ1) is 13.1. The average molecular weight is 392 g/mol. The Morgan fingerprint density at radius 3 is 2.48 bits per heavy atom. The van der Waals surface area contributed by atoms with Gasteiger partial charge in [-0.05, 0) is 42.8 Å². The number of nitrogens with zero attached hydrogens (tertiary/aromatic N) is 1. The molecule has 0 fully saturated rings. The zero-order chi connectivity index (χ0) is 19.6. The summed E-state index contributed by atoms with van der Waals surface area (Å²) in [6.07, 6.45) is -0.783. The monoisotopic (exact) mass is 391 g/mol. The second-order valence-electron chi connectivity index (χ2n) is 5.83. The predicted molar refractivity (Wildman–Crippen MR) is 109 cm³/mol. The van der Waals surface area contributed by atoms with Crippen LogP contribution in [0, 0.1) is 0 Å². The van der Waals surface area contributed by atoms with E-state index >= 15 is 0 Å². The molecule has 2 aromatic rings. The molecule has 3 N–H and O–H groups in total. The molecule has 0 aromatic heterocycles. The van der Waals surface area contributed by atoms with E-state index in [1.165, 1.54) is 0 Å². The molecule has 7 heteroatoms. The van der Waals surface area contributed by atoms with Crippen LogP contribution < -0.4 is 20.1 Å². The van der Waals surface area contributed by atoms with Crippen molar-refractivity contribution in [1.82, 2.24) is 10.6 Å². The van der Waals surface area contributed by atoms with Crippen LogP contribution in [0.1, 0.15) is 24.2 Å². The molecule has 146 valence electrons. The molecule has 0 amide bonds. The van der Waals surface area contributed by atoms with Gasteiger partial charge in [0, 0.05) is 23.7 Å². The molecule has 2 aromatic carbocycles. The minimum atomic E-state index is -0.783. The lowest BCUT2D eigenvalue weighted by molar-refractivity contribution is 0.176. The third kappa shape index (κ3) is 6.34. The van der Waals surface area contributed by atoms with Gasteiger partial charge in [-0.1, -0.05) is 23.7 Å². The van der Waals surface area contributed by atoms with Gasteiger partial charge in [0.25, 0.3) is 0 Å². The lowest BCUT2D eigenvalue weighted by Crippen LogP contribution is -2.39. The number of rotatable bonds is 8. The Kier molecular flexibility index (Phi) is 8.23. The maximum Gasteiger partial charge on any atom is 0.191 e. The highest BCUT2D eigenvalue weighted by Gasteiger charge is 2.15. The second kappa shape index (κ2) is 10.6. The summed E-state index contributed by atoms with van der Waals surface area (Å²) >= 11 is 5.91. The van der Waals surface area contributed by atoms with E-state index in [1.54, 1.807) is 32.4 Å². The fourth-order valence-electron chi connectivity index (χ4n) is 2.51. The van der Waals surface area contributed by atoms with Gasteiger partial charge in [0.1, 0.15) is 11.5 Å². The Balaban J connectivity index is 2.04. The van der Waals surface area contributed by atoms with E-state index in [2.05, 4.69) is 15.6 Å². The number of nitrogens with one attached hydrogen (secondary N) is 2. The van der Waals surface area contributed by atoms with Crippen LogP contribution in [0.15, 0.2) is 47.5 Å². The van der Waals surface area contributed by atoms with E-state index in [1.807, 2.05) is 31.2 Å². The van der Waals surface area contributed by atoms with Gasteiger partial charge < -0.3 is 25.2 Å². The number of methoxy groups -OCH3 is 2. The van der Waals surface area contributed by atoms with Crippen LogP contribution >= 0.6 is 11.6 Å². The van der Waals surface area contributed by atoms with Crippen LogP contribution in [0.5, 0.6) is 11.5 Å². The van der Waals surface area contributed by atoms with Crippen molar-refractivity contribution in [3.05, 3.63) is 58.6 Å². The molecule has 0 aliphatic rings. The molecule has 27 heavy (non-hydrogen) atoms. The zero-order valence-corrected chi connectivity index (χ0v) is 16.6. The third-order valence-electron chi connectivity index (χ3n) is 3.94. The van der Waals surface area contributed by atoms with E-state index < -0.39 is 6.10 Å². The van der Waals surface area contributed by atoms with Crippen LogP contribution in [0.25, 0.3) is 0 Å². The summed E-state index contributed by atoms with van der Waals surface area (Å²) in [4.78, 5) is 4.54. The Labute approximate surface area is 165 Å². The van der Waals surface area contributed by atoms with Crippen molar-refractivity contribution in [2.75, 3.05) is 27.3 Å². The van der Waals surface area contributed by atoms with Crippen LogP contribution in [0.2, 0.25) is 5.02 Å². The summed E-state index contributed by atoms with van der Waals surface area (Å²) < 4.78 is 10.6. The van der Waals surface area contributed by atoms with Crippen LogP contribution in [0.3, 0.4) is 0 Å². The topological polar surface area (TPSA) is 75.1 Å². The number of guanidine groups is 1. The highest BCUT2D eigenvalue weighted by Crippen LogP contribution is 2.29. The Hall–Kier alpha value is -2.44. The molecule has 0 aliphatic carbocycles. The van der Waals surface area contributed by atoms with Gasteiger partial charge >= 0.3 is 0 Å². The van der Waals surface area contributed by atoms with Crippen molar-refractivity contribution in [3.8, 4) is 11.5 Å². The first kappa shape index (κ1) is 20.9. The molecule has 0 spiro atoms. The molecule has 1 unspecified atom stereocenters. The summed E-state index contributed by atoms with van der Waals surface area (Å²) in [5.74, 6) is 1.88. The standard InChI is InChI=1S/C20H26ClN3O3/c1-4-22-20(23-12-14-5-7-15(21)8-6-14)24-13-18(25)17-11-16(26-2)9-10-19(17)27-3/h5-11,18,25H,4,12-13H2,1-3H3,(H2,22,23,24). The maximum absolute atomic E-state index is 10.6. The van der Waals surface area contributed by atoms with E-state index in [4.69, 9.17) is 21.1 Å². The van der Waals surface area contributed by atoms with E-state index in [-0.39, 0.29) is 6.54 Å². The van der Waals surface area contributed by atoms with Gasteiger partial charge in [-0.3, -0.25) is 0 Å². The molecule has 0 heterocycles. The molecular weight excluding hydrogens is 366 g/mol. The van der Waals surface area contributed by atoms with Crippen molar-refractivity contribution >= 4 is 17.6 Å². The highest BCUT2D eigenvalue weighted by atomic mass is 35.5. The number of benzene rings is 2. The molecule has 0 saturated carbocycles. The number of aliphatic hydroxyl groups excluding tert-OH is 1. The molecule has 0 bridgehead atoms. The molecule has 2 rings (SSSR count). The first-order valence-electron chi connectivity index (χ1n) is 8.74. The maximum atomic E-state index is 10.6. The van der Waals surface area contributed by atoms with Crippen molar-refractivity contribution < 1.29 is 14.6 Å². The number of halogens is 1. The fraction of sp³-hybridized carbons (Fsp3) is 0.350. The Morgan fingerprint density at radius 2 is 1.85 bits per heavy atom. The smallest absolute Gasteiger partial charge is 0.191 e. The lowest BCUT2D eigenvalue weighted by Gasteiger charge is -2.18. The number of hydrogen-bond donors (Lipinski definition) is 3. The zero-order valence-electron chi connectivity index (χ0n) is 15.8. The molecule has 6 nitrogen and oxygen atoms in total. The number of aliphatic imine (C=N–C) groups is 1. The molecular formula is C20H26ClN3O3. The molecule has 1 atom stereocenters. The van der Waals surface area contributed by atoms with Crippen molar-refractivity contribution in [1.29, 1.82) is 0 Å². The van der Waals surface area contributed by atoms with Gasteiger partial charge in [-0.25, -0.2) is 4.99 Å². The van der Waals surface area contributed by atoms with Crippen molar-refractivity contribution in [2.24, 2.45) is 4.99 Å². The fourth-order valence-corrected chi connectivity index (χ4v) is 2.63. The van der Waals surface area contributed by atoms with Crippen LogP contribution in [-0.2, 0) is 6.54 Å². The summed E-state index contributed by atoms with van der Waals surface area (Å²) in [7, 11) is 3.16. The minimum absolute atomic E-state index is 0.274. The number of aliphatic hydroxyl groups is 1. The van der Waals surface area contributed by atoms with Crippen LogP contribution in [-0.4, -0.2) is 38.4 Å². The molecule has 0 saturated heterocycles. The van der Waals surface area contributed by atoms with E-state index in [0.717, 1.165) is 5.56 Å². The van der Waals surface area contributed by atoms with Gasteiger partial charge in [0.05, 0.1) is 26.9 Å². The van der Waals surface area contributed by atoms with Gasteiger partial charge in [0.2, 0.25) is 0 Å². The average Bonchev–Trinajstić information content (AvgIpc) is 2.70. The molecule has 0 radical (unpaired) electrons. The van der Waals surface area contributed by atoms with E-state index in [9.17, 15) is 5.11 Å². The minimum Gasteiger partial charge on any atom is -0.497 e. The summed E-state index contributed by atoms with van der Waals surface area (Å²) in [6, 6.07) is 12.9. The predicted octanol–water partition coefficient (Wildman–Crippen LogP) is 3.15. The van der Waals surface area contributed by atoms with Gasteiger partial charge in [0.15, 0.2) is 5.96 Å². The lowest BCUT2D eigenvalue weighted by atomic mass is 10.1. The van der Waals surface area contributed by atoms with Gasteiger partial charge in [-0.15, -0.1) is 0 Å². The third-order valence-corrected chi connectivity index (χ3v) is 4.19. The largest absolute Gasteiger partial charge is 0.497 e. The van der Waals surface area contributed by atoms with Crippen molar-refractivity contribution in [3.63, 3.8) is 0 Å². The normalized spacial score (nSPS) is 12.4.